The predicted molar refractivity (Wildman–Crippen MR) is 121 cm³/mol. The highest BCUT2D eigenvalue weighted by Gasteiger charge is 2.18. The molecule has 0 radical (unpaired) electrons. The molecule has 0 fully saturated rings. The first-order valence-electron chi connectivity index (χ1n) is 9.57. The van der Waals surface area contributed by atoms with E-state index in [1.165, 1.54) is 0 Å². The first-order chi connectivity index (χ1) is 14.5. The number of benzene rings is 2. The quantitative estimate of drug-likeness (QED) is 0.620. The van der Waals surface area contributed by atoms with Crippen molar-refractivity contribution in [3.63, 3.8) is 0 Å². The second kappa shape index (κ2) is 8.23. The average molecular weight is 422 g/mol. The summed E-state index contributed by atoms with van der Waals surface area (Å²) in [5.41, 5.74) is 3.61. The predicted octanol–water partition coefficient (Wildman–Crippen LogP) is 3.42. The summed E-state index contributed by atoms with van der Waals surface area (Å²) in [5, 5.41) is 7.43. The number of anilines is 1. The molecular formula is C22H23N5O2S. The normalized spacial score (nSPS) is 13.3. The van der Waals surface area contributed by atoms with Gasteiger partial charge in [-0.2, -0.15) is 5.10 Å². The lowest BCUT2D eigenvalue weighted by Gasteiger charge is -2.14. The Labute approximate surface area is 180 Å². The highest BCUT2D eigenvalue weighted by Crippen LogP contribution is 2.26. The van der Waals surface area contributed by atoms with E-state index in [0.717, 1.165) is 30.2 Å². The van der Waals surface area contributed by atoms with Crippen molar-refractivity contribution in [3.8, 4) is 11.4 Å². The minimum Gasteiger partial charge on any atom is -0.497 e. The van der Waals surface area contributed by atoms with Crippen molar-refractivity contribution in [3.05, 3.63) is 65.5 Å². The number of nitrogens with zero attached hydrogens (tertiary/aromatic N) is 4. The Kier molecular flexibility index (Phi) is 5.50. The van der Waals surface area contributed by atoms with E-state index < -0.39 is 0 Å². The number of ether oxygens (including phenoxy) is 1. The molecule has 0 saturated carbocycles. The standard InChI is InChI=1S/C22H23N5O2S/c1-14-12-19(27(25-14)18-9-8-17(29-3)13-20(18)30)22(28)24-16-6-4-15(5-7-16)21-23-10-11-26(21)2/h4-9,12-13,30H,10-11H2,1-3H3,(H,24,28). The van der Waals surface area contributed by atoms with Gasteiger partial charge in [0.05, 0.1) is 25.0 Å². The number of hydrogen-bond donors (Lipinski definition) is 2. The van der Waals surface area contributed by atoms with Crippen LogP contribution in [0.5, 0.6) is 5.75 Å². The maximum atomic E-state index is 13.0. The second-order valence-corrected chi connectivity index (χ2v) is 7.58. The number of likely N-dealkylation sites (N-methyl/N-ethyl adjacent to an activating group) is 1. The number of aromatic nitrogens is 2. The fourth-order valence-electron chi connectivity index (χ4n) is 3.40. The topological polar surface area (TPSA) is 71.8 Å². The van der Waals surface area contributed by atoms with Crippen molar-refractivity contribution >= 4 is 30.1 Å². The Bertz CT molecular complexity index is 1120. The summed E-state index contributed by atoms with van der Waals surface area (Å²) in [7, 11) is 3.63. The Morgan fingerprint density at radius 2 is 1.93 bits per heavy atom. The van der Waals surface area contributed by atoms with Crippen molar-refractivity contribution in [1.29, 1.82) is 0 Å². The highest BCUT2D eigenvalue weighted by atomic mass is 32.1. The third kappa shape index (κ3) is 3.91. The number of methoxy groups -OCH3 is 1. The number of hydrogen-bond acceptors (Lipinski definition) is 6. The van der Waals surface area contributed by atoms with Gasteiger partial charge in [0.25, 0.3) is 5.91 Å². The van der Waals surface area contributed by atoms with E-state index in [1.54, 1.807) is 23.9 Å². The third-order valence-electron chi connectivity index (χ3n) is 4.93. The lowest BCUT2D eigenvalue weighted by molar-refractivity contribution is 0.101. The van der Waals surface area contributed by atoms with E-state index in [0.29, 0.717) is 27.7 Å². The number of rotatable bonds is 5. The maximum Gasteiger partial charge on any atom is 0.274 e. The Balaban J connectivity index is 1.57. The lowest BCUT2D eigenvalue weighted by atomic mass is 10.1. The molecule has 1 aromatic heterocycles. The van der Waals surface area contributed by atoms with Gasteiger partial charge in [-0.05, 0) is 55.5 Å². The van der Waals surface area contributed by atoms with E-state index >= 15 is 0 Å². The Morgan fingerprint density at radius 3 is 2.57 bits per heavy atom. The number of amides is 1. The zero-order valence-electron chi connectivity index (χ0n) is 17.1. The number of carbonyl (C=O) groups excluding carboxylic acids is 1. The summed E-state index contributed by atoms with van der Waals surface area (Å²) in [4.78, 5) is 20.3. The van der Waals surface area contributed by atoms with Crippen LogP contribution in [0.25, 0.3) is 5.69 Å². The zero-order chi connectivity index (χ0) is 21.3. The largest absolute Gasteiger partial charge is 0.497 e. The van der Waals surface area contributed by atoms with Crippen molar-refractivity contribution in [2.24, 2.45) is 4.99 Å². The summed E-state index contributed by atoms with van der Waals surface area (Å²) < 4.78 is 6.83. The van der Waals surface area contributed by atoms with Crippen LogP contribution in [0.3, 0.4) is 0 Å². The molecule has 30 heavy (non-hydrogen) atoms. The van der Waals surface area contributed by atoms with Crippen LogP contribution in [-0.4, -0.2) is 53.7 Å². The minimum atomic E-state index is -0.248. The van der Waals surface area contributed by atoms with Gasteiger partial charge in [-0.25, -0.2) is 4.68 Å². The molecule has 0 atom stereocenters. The molecule has 0 bridgehead atoms. The molecular weight excluding hydrogens is 398 g/mol. The van der Waals surface area contributed by atoms with Gasteiger partial charge >= 0.3 is 0 Å². The number of thiol groups is 1. The molecule has 7 nitrogen and oxygen atoms in total. The van der Waals surface area contributed by atoms with E-state index in [4.69, 9.17) is 4.74 Å². The van der Waals surface area contributed by atoms with Gasteiger partial charge in [0, 0.05) is 29.7 Å². The van der Waals surface area contributed by atoms with Gasteiger partial charge in [-0.15, -0.1) is 12.6 Å². The van der Waals surface area contributed by atoms with Crippen molar-refractivity contribution < 1.29 is 9.53 Å². The molecule has 0 saturated heterocycles. The maximum absolute atomic E-state index is 13.0. The van der Waals surface area contributed by atoms with Crippen LogP contribution in [0.2, 0.25) is 0 Å². The molecule has 1 aliphatic rings. The van der Waals surface area contributed by atoms with Crippen LogP contribution >= 0.6 is 12.6 Å². The van der Waals surface area contributed by atoms with Crippen LogP contribution in [0.4, 0.5) is 5.69 Å². The Hall–Kier alpha value is -3.26. The van der Waals surface area contributed by atoms with E-state index in [2.05, 4.69) is 32.9 Å². The third-order valence-corrected chi connectivity index (χ3v) is 5.29. The van der Waals surface area contributed by atoms with Crippen molar-refractivity contribution in [1.82, 2.24) is 14.7 Å². The van der Waals surface area contributed by atoms with Gasteiger partial charge in [0.2, 0.25) is 0 Å². The average Bonchev–Trinajstić information content (AvgIpc) is 3.34. The summed E-state index contributed by atoms with van der Waals surface area (Å²) in [5.74, 6) is 1.42. The van der Waals surface area contributed by atoms with Crippen LogP contribution in [0, 0.1) is 6.92 Å². The summed E-state index contributed by atoms with van der Waals surface area (Å²) in [6.45, 7) is 3.59. The van der Waals surface area contributed by atoms with Crippen LogP contribution in [0.15, 0.2) is 58.4 Å². The molecule has 4 rings (SSSR count). The summed E-state index contributed by atoms with van der Waals surface area (Å²) in [6.07, 6.45) is 0. The molecule has 154 valence electrons. The monoisotopic (exact) mass is 421 g/mol. The molecule has 1 aliphatic heterocycles. The first kappa shape index (κ1) is 20.0. The molecule has 3 aromatic rings. The molecule has 0 spiro atoms. The van der Waals surface area contributed by atoms with E-state index in [-0.39, 0.29) is 5.91 Å². The van der Waals surface area contributed by atoms with Crippen LogP contribution < -0.4 is 10.1 Å². The zero-order valence-corrected chi connectivity index (χ0v) is 18.0. The van der Waals surface area contributed by atoms with E-state index in [1.807, 2.05) is 50.4 Å². The second-order valence-electron chi connectivity index (χ2n) is 7.10. The minimum absolute atomic E-state index is 0.248. The lowest BCUT2D eigenvalue weighted by Crippen LogP contribution is -2.23. The Morgan fingerprint density at radius 1 is 1.17 bits per heavy atom. The molecule has 2 heterocycles. The fourth-order valence-corrected chi connectivity index (χ4v) is 3.69. The van der Waals surface area contributed by atoms with Gasteiger partial charge in [-0.1, -0.05) is 0 Å². The summed E-state index contributed by atoms with van der Waals surface area (Å²) >= 11 is 4.53. The van der Waals surface area contributed by atoms with E-state index in [9.17, 15) is 4.79 Å². The van der Waals surface area contributed by atoms with Gasteiger partial charge in [0.1, 0.15) is 17.3 Å². The summed E-state index contributed by atoms with van der Waals surface area (Å²) in [6, 6.07) is 14.9. The molecule has 0 unspecified atom stereocenters. The van der Waals surface area contributed by atoms with Gasteiger partial charge in [-0.3, -0.25) is 9.79 Å². The van der Waals surface area contributed by atoms with Crippen molar-refractivity contribution in [2.75, 3.05) is 32.6 Å². The van der Waals surface area contributed by atoms with Gasteiger partial charge in [0.15, 0.2) is 0 Å². The number of amidine groups is 1. The van der Waals surface area contributed by atoms with Crippen molar-refractivity contribution in [2.45, 2.75) is 11.8 Å². The smallest absolute Gasteiger partial charge is 0.274 e. The SMILES string of the molecule is COc1ccc(-n2nc(C)cc2C(=O)Nc2ccc(C3=NCCN3C)cc2)c(S)c1. The number of nitrogens with one attached hydrogen (secondary N) is 1. The number of aryl methyl sites for hydroxylation is 1. The highest BCUT2D eigenvalue weighted by molar-refractivity contribution is 7.80. The molecule has 2 aromatic carbocycles. The van der Waals surface area contributed by atoms with Gasteiger partial charge < -0.3 is 15.0 Å². The molecule has 0 aliphatic carbocycles. The first-order valence-corrected chi connectivity index (χ1v) is 10.0. The number of carbonyl (C=O) groups is 1. The van der Waals surface area contributed by atoms with Crippen LogP contribution in [0.1, 0.15) is 21.7 Å². The number of aliphatic imine (C=N–C) groups is 1. The molecule has 8 heteroatoms. The van der Waals surface area contributed by atoms with Crippen LogP contribution in [-0.2, 0) is 0 Å². The molecule has 1 amide bonds. The molecule has 1 N–H and O–H groups in total. The fraction of sp³-hybridized carbons (Fsp3) is 0.227.